The number of nitrogens with one attached hydrogen (secondary N) is 1. The van der Waals surface area contributed by atoms with Gasteiger partial charge in [-0.25, -0.2) is 13.6 Å². The first-order valence-electron chi connectivity index (χ1n) is 6.36. The minimum Gasteiger partial charge on any atom is -0.479 e. The molecule has 2 rings (SSSR count). The van der Waals surface area contributed by atoms with Crippen LogP contribution in [-0.2, 0) is 10.3 Å². The first kappa shape index (κ1) is 15.0. The van der Waals surface area contributed by atoms with Crippen molar-refractivity contribution in [3.8, 4) is 0 Å². The molecule has 1 unspecified atom stereocenters. The van der Waals surface area contributed by atoms with Crippen molar-refractivity contribution in [1.82, 2.24) is 0 Å². The number of carboxylic acids is 1. The number of halogens is 2. The molecule has 0 aliphatic heterocycles. The summed E-state index contributed by atoms with van der Waals surface area (Å²) >= 11 is 0. The van der Waals surface area contributed by atoms with Crippen molar-refractivity contribution >= 4 is 11.7 Å². The third-order valence-electron chi connectivity index (χ3n) is 3.31. The molecule has 110 valence electrons. The highest BCUT2D eigenvalue weighted by atomic mass is 19.1. The van der Waals surface area contributed by atoms with Crippen molar-refractivity contribution in [2.75, 3.05) is 5.32 Å². The highest BCUT2D eigenvalue weighted by Crippen LogP contribution is 2.28. The molecule has 0 saturated heterocycles. The molecule has 0 aromatic heterocycles. The van der Waals surface area contributed by atoms with E-state index in [1.807, 2.05) is 19.1 Å². The van der Waals surface area contributed by atoms with E-state index in [9.17, 15) is 18.7 Å². The van der Waals surface area contributed by atoms with Crippen molar-refractivity contribution in [2.45, 2.75) is 19.4 Å². The first-order chi connectivity index (χ1) is 9.81. The number of benzene rings is 2. The summed E-state index contributed by atoms with van der Waals surface area (Å²) in [6.07, 6.45) is 0. The van der Waals surface area contributed by atoms with Gasteiger partial charge in [0.15, 0.2) is 5.54 Å². The largest absolute Gasteiger partial charge is 0.479 e. The Bertz CT molecular complexity index is 650. The number of hydrogen-bond acceptors (Lipinski definition) is 2. The van der Waals surface area contributed by atoms with E-state index < -0.39 is 23.1 Å². The first-order valence-corrected chi connectivity index (χ1v) is 6.36. The fourth-order valence-corrected chi connectivity index (χ4v) is 2.02. The highest BCUT2D eigenvalue weighted by Gasteiger charge is 2.36. The molecule has 5 heteroatoms. The standard InChI is InChI=1S/C16H15F2NO2/c1-10-3-5-14(6-4-10)19-16(2,15(20)21)11-7-12(17)9-13(18)8-11/h3-9,19H,1-2H3,(H,20,21). The van der Waals surface area contributed by atoms with Crippen molar-refractivity contribution in [1.29, 1.82) is 0 Å². The summed E-state index contributed by atoms with van der Waals surface area (Å²) in [5, 5.41) is 12.3. The summed E-state index contributed by atoms with van der Waals surface area (Å²) in [6, 6.07) is 9.79. The molecular formula is C16H15F2NO2. The van der Waals surface area contributed by atoms with Crippen LogP contribution in [0.2, 0.25) is 0 Å². The second-order valence-electron chi connectivity index (χ2n) is 5.08. The zero-order valence-corrected chi connectivity index (χ0v) is 11.7. The Morgan fingerprint density at radius 2 is 1.62 bits per heavy atom. The van der Waals surface area contributed by atoms with Gasteiger partial charge in [0.25, 0.3) is 0 Å². The maximum atomic E-state index is 13.4. The third-order valence-corrected chi connectivity index (χ3v) is 3.31. The number of rotatable bonds is 4. The lowest BCUT2D eigenvalue weighted by molar-refractivity contribution is -0.142. The lowest BCUT2D eigenvalue weighted by atomic mass is 9.91. The number of carbonyl (C=O) groups is 1. The smallest absolute Gasteiger partial charge is 0.333 e. The van der Waals surface area contributed by atoms with Gasteiger partial charge in [0.1, 0.15) is 11.6 Å². The summed E-state index contributed by atoms with van der Waals surface area (Å²) in [5.74, 6) is -2.86. The minimum atomic E-state index is -1.64. The molecule has 1 atom stereocenters. The Balaban J connectivity index is 2.44. The molecule has 0 amide bonds. The number of carboxylic acid groups (broad SMARTS) is 1. The van der Waals surface area contributed by atoms with Crippen LogP contribution in [0.1, 0.15) is 18.1 Å². The van der Waals surface area contributed by atoms with Crippen molar-refractivity contribution < 1.29 is 18.7 Å². The van der Waals surface area contributed by atoms with Gasteiger partial charge in [-0.1, -0.05) is 17.7 Å². The molecule has 0 spiro atoms. The second-order valence-corrected chi connectivity index (χ2v) is 5.08. The average Bonchev–Trinajstić information content (AvgIpc) is 2.40. The zero-order valence-electron chi connectivity index (χ0n) is 11.7. The lowest BCUT2D eigenvalue weighted by Gasteiger charge is -2.28. The van der Waals surface area contributed by atoms with Crippen LogP contribution in [0.4, 0.5) is 14.5 Å². The van der Waals surface area contributed by atoms with Crippen LogP contribution in [0.5, 0.6) is 0 Å². The quantitative estimate of drug-likeness (QED) is 0.903. The molecule has 0 fully saturated rings. The molecule has 3 nitrogen and oxygen atoms in total. The van der Waals surface area contributed by atoms with Gasteiger partial charge in [-0.15, -0.1) is 0 Å². The van der Waals surface area contributed by atoms with Gasteiger partial charge < -0.3 is 10.4 Å². The average molecular weight is 291 g/mol. The van der Waals surface area contributed by atoms with E-state index in [1.54, 1.807) is 12.1 Å². The van der Waals surface area contributed by atoms with Crippen LogP contribution in [0, 0.1) is 18.6 Å². The Morgan fingerprint density at radius 1 is 1.10 bits per heavy atom. The van der Waals surface area contributed by atoms with E-state index in [-0.39, 0.29) is 5.56 Å². The number of hydrogen-bond donors (Lipinski definition) is 2. The highest BCUT2D eigenvalue weighted by molar-refractivity contribution is 5.84. The molecule has 2 N–H and O–H groups in total. The Morgan fingerprint density at radius 3 is 2.10 bits per heavy atom. The molecule has 0 radical (unpaired) electrons. The van der Waals surface area contributed by atoms with Crippen LogP contribution < -0.4 is 5.32 Å². The maximum absolute atomic E-state index is 13.4. The van der Waals surface area contributed by atoms with E-state index in [1.165, 1.54) is 6.92 Å². The van der Waals surface area contributed by atoms with E-state index in [0.29, 0.717) is 11.8 Å². The number of aryl methyl sites for hydroxylation is 1. The maximum Gasteiger partial charge on any atom is 0.333 e. The van der Waals surface area contributed by atoms with Gasteiger partial charge in [0.05, 0.1) is 0 Å². The monoisotopic (exact) mass is 291 g/mol. The zero-order chi connectivity index (χ0) is 15.6. The van der Waals surface area contributed by atoms with Gasteiger partial charge in [-0.05, 0) is 43.7 Å². The van der Waals surface area contributed by atoms with Crippen LogP contribution in [0.15, 0.2) is 42.5 Å². The number of anilines is 1. The normalized spacial score (nSPS) is 13.5. The molecule has 0 bridgehead atoms. The molecule has 0 aliphatic carbocycles. The van der Waals surface area contributed by atoms with E-state index in [2.05, 4.69) is 5.32 Å². The third kappa shape index (κ3) is 3.18. The van der Waals surface area contributed by atoms with Crippen LogP contribution >= 0.6 is 0 Å². The SMILES string of the molecule is Cc1ccc(NC(C)(C(=O)O)c2cc(F)cc(F)c2)cc1. The predicted molar refractivity (Wildman–Crippen MR) is 76.1 cm³/mol. The molecule has 0 aliphatic rings. The number of aliphatic carboxylic acids is 1. The Labute approximate surface area is 121 Å². The summed E-state index contributed by atoms with van der Waals surface area (Å²) < 4.78 is 26.7. The van der Waals surface area contributed by atoms with E-state index in [4.69, 9.17) is 0 Å². The van der Waals surface area contributed by atoms with Gasteiger partial charge >= 0.3 is 5.97 Å². The van der Waals surface area contributed by atoms with Crippen LogP contribution in [0.3, 0.4) is 0 Å². The van der Waals surface area contributed by atoms with Gasteiger partial charge in [0.2, 0.25) is 0 Å². The lowest BCUT2D eigenvalue weighted by Crippen LogP contribution is -2.40. The predicted octanol–water partition coefficient (Wildman–Crippen LogP) is 3.69. The van der Waals surface area contributed by atoms with E-state index >= 15 is 0 Å². The van der Waals surface area contributed by atoms with Gasteiger partial charge in [-0.2, -0.15) is 0 Å². The van der Waals surface area contributed by atoms with Crippen LogP contribution in [0.25, 0.3) is 0 Å². The minimum absolute atomic E-state index is 0.00748. The van der Waals surface area contributed by atoms with Gasteiger partial charge in [-0.3, -0.25) is 0 Å². The Hall–Kier alpha value is -2.43. The summed E-state index contributed by atoms with van der Waals surface area (Å²) in [4.78, 5) is 11.6. The Kier molecular flexibility index (Phi) is 3.93. The summed E-state index contributed by atoms with van der Waals surface area (Å²) in [6.45, 7) is 3.27. The molecule has 21 heavy (non-hydrogen) atoms. The molecule has 0 saturated carbocycles. The molecule has 0 heterocycles. The van der Waals surface area contributed by atoms with E-state index in [0.717, 1.165) is 17.7 Å². The van der Waals surface area contributed by atoms with Gasteiger partial charge in [0, 0.05) is 11.8 Å². The van der Waals surface area contributed by atoms with Crippen molar-refractivity contribution in [2.24, 2.45) is 0 Å². The second kappa shape index (κ2) is 5.52. The fourth-order valence-electron chi connectivity index (χ4n) is 2.02. The molecular weight excluding hydrogens is 276 g/mol. The topological polar surface area (TPSA) is 49.3 Å². The van der Waals surface area contributed by atoms with Crippen molar-refractivity contribution in [3.63, 3.8) is 0 Å². The van der Waals surface area contributed by atoms with Crippen molar-refractivity contribution in [3.05, 3.63) is 65.2 Å². The van der Waals surface area contributed by atoms with Crippen LogP contribution in [-0.4, -0.2) is 11.1 Å². The fraction of sp³-hybridized carbons (Fsp3) is 0.188. The summed E-state index contributed by atoms with van der Waals surface area (Å²) in [5.41, 5.74) is -0.0595. The molecule has 2 aromatic rings. The molecule has 2 aromatic carbocycles. The summed E-state index contributed by atoms with van der Waals surface area (Å²) in [7, 11) is 0.